The van der Waals surface area contributed by atoms with Gasteiger partial charge in [0, 0.05) is 21.7 Å². The highest BCUT2D eigenvalue weighted by Crippen LogP contribution is 2.36. The van der Waals surface area contributed by atoms with Crippen LogP contribution in [0, 0.1) is 0 Å². The van der Waals surface area contributed by atoms with E-state index in [-0.39, 0.29) is 5.91 Å². The number of fused-ring (bicyclic) bond motifs is 1. The van der Waals surface area contributed by atoms with Crippen LogP contribution < -0.4 is 10.1 Å². The fourth-order valence-corrected chi connectivity index (χ4v) is 3.94. The lowest BCUT2D eigenvalue weighted by Crippen LogP contribution is -2.22. The van der Waals surface area contributed by atoms with Gasteiger partial charge in [0.2, 0.25) is 0 Å². The van der Waals surface area contributed by atoms with Crippen molar-refractivity contribution in [2.75, 3.05) is 7.11 Å². The molecule has 0 fully saturated rings. The molecule has 2 aromatic carbocycles. The monoisotopic (exact) mass is 365 g/mol. The first kappa shape index (κ1) is 16.1. The second-order valence-corrected chi connectivity index (χ2v) is 6.79. The number of hydrogen-bond acceptors (Lipinski definition) is 3. The highest BCUT2D eigenvalue weighted by atomic mass is 35.5. The predicted molar refractivity (Wildman–Crippen MR) is 96.0 cm³/mol. The van der Waals surface area contributed by atoms with Crippen LogP contribution in [0.15, 0.2) is 42.5 Å². The van der Waals surface area contributed by atoms with E-state index in [0.717, 1.165) is 21.4 Å². The quantitative estimate of drug-likeness (QED) is 0.694. The molecule has 0 saturated heterocycles. The number of hydrogen-bond donors (Lipinski definition) is 1. The summed E-state index contributed by atoms with van der Waals surface area (Å²) in [5.74, 6) is 0.557. The molecule has 6 heteroatoms. The molecule has 0 spiro atoms. The van der Waals surface area contributed by atoms with E-state index in [1.54, 1.807) is 13.2 Å². The maximum Gasteiger partial charge on any atom is 0.263 e. The Hall–Kier alpha value is -1.75. The normalized spacial score (nSPS) is 10.7. The summed E-state index contributed by atoms with van der Waals surface area (Å²) in [5.41, 5.74) is 0.956. The standard InChI is InChI=1S/C17H13Cl2NO2S/c1-22-12-4-2-3-10(7-12)9-20-17(21)16-15(19)13-6-5-11(18)8-14(13)23-16/h2-8H,9H2,1H3,(H,20,21). The molecule has 3 nitrogen and oxygen atoms in total. The van der Waals surface area contributed by atoms with Gasteiger partial charge in [-0.3, -0.25) is 4.79 Å². The number of halogens is 2. The number of benzene rings is 2. The van der Waals surface area contributed by atoms with Crippen LogP contribution in [0.5, 0.6) is 5.75 Å². The van der Waals surface area contributed by atoms with Gasteiger partial charge in [0.15, 0.2) is 0 Å². The van der Waals surface area contributed by atoms with Crippen molar-refractivity contribution in [3.05, 3.63) is 63.0 Å². The number of nitrogens with one attached hydrogen (secondary N) is 1. The second-order valence-electron chi connectivity index (χ2n) is 4.92. The molecule has 3 rings (SSSR count). The van der Waals surface area contributed by atoms with Crippen LogP contribution in [-0.2, 0) is 6.54 Å². The molecule has 23 heavy (non-hydrogen) atoms. The molecule has 0 aliphatic heterocycles. The number of rotatable bonds is 4. The number of amides is 1. The van der Waals surface area contributed by atoms with Crippen LogP contribution in [0.4, 0.5) is 0 Å². The molecule has 0 saturated carbocycles. The molecular weight excluding hydrogens is 353 g/mol. The zero-order valence-electron chi connectivity index (χ0n) is 12.2. The average molecular weight is 366 g/mol. The molecule has 1 aromatic heterocycles. The van der Waals surface area contributed by atoms with Crippen molar-refractivity contribution in [2.24, 2.45) is 0 Å². The zero-order valence-corrected chi connectivity index (χ0v) is 14.6. The van der Waals surface area contributed by atoms with E-state index >= 15 is 0 Å². The van der Waals surface area contributed by atoms with Crippen LogP contribution in [-0.4, -0.2) is 13.0 Å². The van der Waals surface area contributed by atoms with E-state index < -0.39 is 0 Å². The minimum atomic E-state index is -0.199. The lowest BCUT2D eigenvalue weighted by Gasteiger charge is -2.06. The van der Waals surface area contributed by atoms with Crippen LogP contribution in [0.3, 0.4) is 0 Å². The fourth-order valence-electron chi connectivity index (χ4n) is 2.23. The molecule has 1 amide bonds. The van der Waals surface area contributed by atoms with Gasteiger partial charge in [-0.1, -0.05) is 41.4 Å². The molecule has 3 aromatic rings. The summed E-state index contributed by atoms with van der Waals surface area (Å²) in [6.45, 7) is 0.404. The Kier molecular flexibility index (Phi) is 4.76. The lowest BCUT2D eigenvalue weighted by molar-refractivity contribution is 0.0955. The average Bonchev–Trinajstić information content (AvgIpc) is 2.89. The van der Waals surface area contributed by atoms with E-state index in [0.29, 0.717) is 21.5 Å². The third kappa shape index (κ3) is 3.44. The third-order valence-electron chi connectivity index (χ3n) is 3.38. The van der Waals surface area contributed by atoms with Crippen molar-refractivity contribution >= 4 is 50.5 Å². The maximum atomic E-state index is 12.4. The van der Waals surface area contributed by atoms with Gasteiger partial charge in [-0.15, -0.1) is 11.3 Å². The Morgan fingerprint density at radius 3 is 2.83 bits per heavy atom. The number of thiophene rings is 1. The van der Waals surface area contributed by atoms with Gasteiger partial charge in [0.25, 0.3) is 5.91 Å². The fraction of sp³-hybridized carbons (Fsp3) is 0.118. The molecule has 1 heterocycles. The SMILES string of the molecule is COc1cccc(CNC(=O)c2sc3cc(Cl)ccc3c2Cl)c1. The Bertz CT molecular complexity index is 876. The molecule has 0 unspecified atom stereocenters. The van der Waals surface area contributed by atoms with E-state index in [9.17, 15) is 4.79 Å². The molecule has 0 aliphatic carbocycles. The summed E-state index contributed by atoms with van der Waals surface area (Å²) < 4.78 is 6.07. The predicted octanol–water partition coefficient (Wildman–Crippen LogP) is 5.15. The van der Waals surface area contributed by atoms with Gasteiger partial charge in [0.1, 0.15) is 10.6 Å². The first-order valence-electron chi connectivity index (χ1n) is 6.87. The summed E-state index contributed by atoms with van der Waals surface area (Å²) >= 11 is 13.6. The van der Waals surface area contributed by atoms with Crippen LogP contribution >= 0.6 is 34.5 Å². The summed E-state index contributed by atoms with van der Waals surface area (Å²) in [4.78, 5) is 12.9. The van der Waals surface area contributed by atoms with Gasteiger partial charge in [-0.2, -0.15) is 0 Å². The lowest BCUT2D eigenvalue weighted by atomic mass is 10.2. The number of methoxy groups -OCH3 is 1. The van der Waals surface area contributed by atoms with Crippen molar-refractivity contribution in [2.45, 2.75) is 6.54 Å². The minimum absolute atomic E-state index is 0.199. The Labute approximate surface area is 147 Å². The molecular formula is C17H13Cl2NO2S. The van der Waals surface area contributed by atoms with Gasteiger partial charge in [-0.05, 0) is 29.8 Å². The van der Waals surface area contributed by atoms with Crippen molar-refractivity contribution in [1.29, 1.82) is 0 Å². The Morgan fingerprint density at radius 2 is 2.04 bits per heavy atom. The van der Waals surface area contributed by atoms with Crippen molar-refractivity contribution in [3.63, 3.8) is 0 Å². The van der Waals surface area contributed by atoms with Gasteiger partial charge >= 0.3 is 0 Å². The number of ether oxygens (including phenoxy) is 1. The molecule has 0 radical (unpaired) electrons. The van der Waals surface area contributed by atoms with E-state index in [2.05, 4.69) is 5.32 Å². The minimum Gasteiger partial charge on any atom is -0.497 e. The largest absolute Gasteiger partial charge is 0.497 e. The Balaban J connectivity index is 1.79. The molecule has 0 atom stereocenters. The first-order chi connectivity index (χ1) is 11.1. The Morgan fingerprint density at radius 1 is 1.22 bits per heavy atom. The van der Waals surface area contributed by atoms with Gasteiger partial charge in [-0.25, -0.2) is 0 Å². The molecule has 1 N–H and O–H groups in total. The van der Waals surface area contributed by atoms with Crippen LogP contribution in [0.2, 0.25) is 10.0 Å². The third-order valence-corrected chi connectivity index (χ3v) is 5.28. The zero-order chi connectivity index (χ0) is 16.4. The van der Waals surface area contributed by atoms with Crippen molar-refractivity contribution in [1.82, 2.24) is 5.32 Å². The topological polar surface area (TPSA) is 38.3 Å². The van der Waals surface area contributed by atoms with Gasteiger partial charge in [0.05, 0.1) is 12.1 Å². The highest BCUT2D eigenvalue weighted by Gasteiger charge is 2.17. The first-order valence-corrected chi connectivity index (χ1v) is 8.44. The highest BCUT2D eigenvalue weighted by molar-refractivity contribution is 7.21. The number of carbonyl (C=O) groups is 1. The van der Waals surface area contributed by atoms with Crippen molar-refractivity contribution < 1.29 is 9.53 Å². The van der Waals surface area contributed by atoms with E-state index in [1.165, 1.54) is 11.3 Å². The summed E-state index contributed by atoms with van der Waals surface area (Å²) in [7, 11) is 1.61. The van der Waals surface area contributed by atoms with Gasteiger partial charge < -0.3 is 10.1 Å². The van der Waals surface area contributed by atoms with Crippen LogP contribution in [0.25, 0.3) is 10.1 Å². The van der Waals surface area contributed by atoms with Crippen molar-refractivity contribution in [3.8, 4) is 5.75 Å². The summed E-state index contributed by atoms with van der Waals surface area (Å²) in [6, 6.07) is 13.0. The summed E-state index contributed by atoms with van der Waals surface area (Å²) in [5, 5.41) is 4.81. The number of carbonyl (C=O) groups excluding carboxylic acids is 1. The summed E-state index contributed by atoms with van der Waals surface area (Å²) in [6.07, 6.45) is 0. The molecule has 118 valence electrons. The van der Waals surface area contributed by atoms with E-state index in [4.69, 9.17) is 27.9 Å². The molecule has 0 bridgehead atoms. The van der Waals surface area contributed by atoms with E-state index in [1.807, 2.05) is 36.4 Å². The smallest absolute Gasteiger partial charge is 0.263 e. The maximum absolute atomic E-state index is 12.4. The molecule has 0 aliphatic rings. The second kappa shape index (κ2) is 6.79. The van der Waals surface area contributed by atoms with Crippen LogP contribution in [0.1, 0.15) is 15.2 Å².